The number of ether oxygens (including phenoxy) is 1. The minimum Gasteiger partial charge on any atom is -0.465 e. The van der Waals surface area contributed by atoms with Gasteiger partial charge in [-0.2, -0.15) is 5.10 Å². The van der Waals surface area contributed by atoms with Gasteiger partial charge in [0.1, 0.15) is 12.0 Å². The predicted octanol–water partition coefficient (Wildman–Crippen LogP) is 3.57. The van der Waals surface area contributed by atoms with Crippen LogP contribution in [0.15, 0.2) is 59.7 Å². The second-order valence-corrected chi connectivity index (χ2v) is 7.18. The summed E-state index contributed by atoms with van der Waals surface area (Å²) in [5, 5.41) is 9.58. The Labute approximate surface area is 169 Å². The Balaban J connectivity index is 1.78. The average Bonchev–Trinajstić information content (AvgIpc) is 3.02. The van der Waals surface area contributed by atoms with Crippen molar-refractivity contribution in [3.05, 3.63) is 65.2 Å². The number of halogens is 1. The summed E-state index contributed by atoms with van der Waals surface area (Å²) in [6.45, 7) is 4.15. The molecular formula is C21H22ClN3O3. The van der Waals surface area contributed by atoms with Crippen LogP contribution in [0.25, 0.3) is 0 Å². The van der Waals surface area contributed by atoms with E-state index >= 15 is 0 Å². The van der Waals surface area contributed by atoms with Gasteiger partial charge in [0.25, 0.3) is 0 Å². The Hall–Kier alpha value is -2.86. The number of carbonyl (C=O) groups excluding carboxylic acids is 2. The first-order chi connectivity index (χ1) is 13.4. The lowest BCUT2D eigenvalue weighted by atomic mass is 9.82. The standard InChI is InChI=1S/C21H22ClN3O3/c1-3-28-20(27)21(2)14-25(24-19(21)15-7-5-4-6-8-15)13-18(26)23-17-11-9-16(22)10-12-17/h4-12H,3,13-14H2,1-2H3,(H,23,26). The molecule has 0 radical (unpaired) electrons. The van der Waals surface area contributed by atoms with E-state index < -0.39 is 5.41 Å². The van der Waals surface area contributed by atoms with Crippen LogP contribution in [0.1, 0.15) is 19.4 Å². The number of esters is 1. The van der Waals surface area contributed by atoms with E-state index in [1.807, 2.05) is 30.3 Å². The zero-order chi connectivity index (χ0) is 20.1. The van der Waals surface area contributed by atoms with E-state index in [1.165, 1.54) is 0 Å². The first kappa shape index (κ1) is 19.9. The van der Waals surface area contributed by atoms with Crippen molar-refractivity contribution in [2.75, 3.05) is 25.0 Å². The summed E-state index contributed by atoms with van der Waals surface area (Å²) in [6.07, 6.45) is 0. The van der Waals surface area contributed by atoms with E-state index in [9.17, 15) is 9.59 Å². The van der Waals surface area contributed by atoms with Crippen molar-refractivity contribution in [3.8, 4) is 0 Å². The van der Waals surface area contributed by atoms with Gasteiger partial charge in [-0.1, -0.05) is 41.9 Å². The highest BCUT2D eigenvalue weighted by Gasteiger charge is 2.47. The van der Waals surface area contributed by atoms with Crippen LogP contribution in [0.4, 0.5) is 5.69 Å². The number of hydrogen-bond donors (Lipinski definition) is 1. The number of carbonyl (C=O) groups is 2. The summed E-state index contributed by atoms with van der Waals surface area (Å²) in [5.41, 5.74) is 1.14. The maximum atomic E-state index is 12.7. The van der Waals surface area contributed by atoms with E-state index in [2.05, 4.69) is 10.4 Å². The quantitative estimate of drug-likeness (QED) is 0.754. The number of anilines is 1. The van der Waals surface area contributed by atoms with Crippen molar-refractivity contribution >= 4 is 34.9 Å². The summed E-state index contributed by atoms with van der Waals surface area (Å²) in [5.74, 6) is -0.579. The monoisotopic (exact) mass is 399 g/mol. The molecule has 0 spiro atoms. The normalized spacial score (nSPS) is 18.5. The molecule has 146 valence electrons. The van der Waals surface area contributed by atoms with Gasteiger partial charge in [-0.05, 0) is 43.7 Å². The van der Waals surface area contributed by atoms with E-state index in [0.29, 0.717) is 16.4 Å². The molecule has 3 rings (SSSR count). The van der Waals surface area contributed by atoms with E-state index in [1.54, 1.807) is 43.1 Å². The molecule has 2 aromatic rings. The first-order valence-corrected chi connectivity index (χ1v) is 9.42. The Kier molecular flexibility index (Phi) is 5.99. The van der Waals surface area contributed by atoms with Crippen LogP contribution >= 0.6 is 11.6 Å². The molecule has 1 unspecified atom stereocenters. The molecule has 7 heteroatoms. The van der Waals surface area contributed by atoms with Crippen molar-refractivity contribution in [2.24, 2.45) is 10.5 Å². The van der Waals surface area contributed by atoms with Crippen LogP contribution in [0.3, 0.4) is 0 Å². The molecule has 1 N–H and O–H groups in total. The number of hydrogen-bond acceptors (Lipinski definition) is 5. The summed E-state index contributed by atoms with van der Waals surface area (Å²) in [4.78, 5) is 25.1. The molecule has 1 aliphatic rings. The lowest BCUT2D eigenvalue weighted by molar-refractivity contribution is -0.150. The zero-order valence-corrected chi connectivity index (χ0v) is 16.6. The van der Waals surface area contributed by atoms with Gasteiger partial charge in [0.15, 0.2) is 0 Å². The molecule has 0 aromatic heterocycles. The van der Waals surface area contributed by atoms with Crippen LogP contribution in [0.5, 0.6) is 0 Å². The van der Waals surface area contributed by atoms with Crippen molar-refractivity contribution < 1.29 is 14.3 Å². The Morgan fingerprint density at radius 3 is 2.50 bits per heavy atom. The van der Waals surface area contributed by atoms with Crippen LogP contribution in [-0.2, 0) is 14.3 Å². The molecule has 1 heterocycles. The number of benzene rings is 2. The fourth-order valence-corrected chi connectivity index (χ4v) is 3.27. The average molecular weight is 400 g/mol. The highest BCUT2D eigenvalue weighted by molar-refractivity contribution is 6.30. The van der Waals surface area contributed by atoms with Gasteiger partial charge in [-0.3, -0.25) is 14.6 Å². The van der Waals surface area contributed by atoms with Crippen molar-refractivity contribution in [1.29, 1.82) is 0 Å². The molecule has 0 bridgehead atoms. The third-order valence-corrected chi connectivity index (χ3v) is 4.74. The number of hydrazone groups is 1. The minimum absolute atomic E-state index is 0.0218. The summed E-state index contributed by atoms with van der Waals surface area (Å²) < 4.78 is 5.28. The van der Waals surface area contributed by atoms with Crippen LogP contribution in [0.2, 0.25) is 5.02 Å². The molecule has 1 aliphatic heterocycles. The van der Waals surface area contributed by atoms with Gasteiger partial charge >= 0.3 is 5.97 Å². The lowest BCUT2D eigenvalue weighted by Gasteiger charge is -2.24. The summed E-state index contributed by atoms with van der Waals surface area (Å²) in [6, 6.07) is 16.3. The number of rotatable bonds is 6. The SMILES string of the molecule is CCOC(=O)C1(C)CN(CC(=O)Nc2ccc(Cl)cc2)N=C1c1ccccc1. The van der Waals surface area contributed by atoms with E-state index in [-0.39, 0.29) is 31.6 Å². The van der Waals surface area contributed by atoms with Gasteiger partial charge < -0.3 is 10.1 Å². The molecule has 6 nitrogen and oxygen atoms in total. The van der Waals surface area contributed by atoms with Gasteiger partial charge in [-0.25, -0.2) is 0 Å². The molecule has 28 heavy (non-hydrogen) atoms. The molecule has 2 aromatic carbocycles. The second kappa shape index (κ2) is 8.44. The Morgan fingerprint density at radius 2 is 1.86 bits per heavy atom. The first-order valence-electron chi connectivity index (χ1n) is 9.04. The topological polar surface area (TPSA) is 71.0 Å². The van der Waals surface area contributed by atoms with Crippen molar-refractivity contribution in [3.63, 3.8) is 0 Å². The maximum Gasteiger partial charge on any atom is 0.319 e. The third kappa shape index (κ3) is 4.34. The minimum atomic E-state index is -0.947. The highest BCUT2D eigenvalue weighted by Crippen LogP contribution is 2.32. The predicted molar refractivity (Wildman–Crippen MR) is 109 cm³/mol. The van der Waals surface area contributed by atoms with Crippen LogP contribution < -0.4 is 5.32 Å². The highest BCUT2D eigenvalue weighted by atomic mass is 35.5. The van der Waals surface area contributed by atoms with Gasteiger partial charge in [0.05, 0.1) is 18.9 Å². The van der Waals surface area contributed by atoms with Crippen LogP contribution in [-0.4, -0.2) is 42.3 Å². The largest absolute Gasteiger partial charge is 0.465 e. The third-order valence-electron chi connectivity index (χ3n) is 4.49. The summed E-state index contributed by atoms with van der Waals surface area (Å²) >= 11 is 5.86. The van der Waals surface area contributed by atoms with Gasteiger partial charge in [-0.15, -0.1) is 0 Å². The van der Waals surface area contributed by atoms with Crippen LogP contribution in [0, 0.1) is 5.41 Å². The van der Waals surface area contributed by atoms with Crippen molar-refractivity contribution in [1.82, 2.24) is 5.01 Å². The molecule has 0 saturated heterocycles. The fraction of sp³-hybridized carbons (Fsp3) is 0.286. The smallest absolute Gasteiger partial charge is 0.319 e. The van der Waals surface area contributed by atoms with Crippen molar-refractivity contribution in [2.45, 2.75) is 13.8 Å². The lowest BCUT2D eigenvalue weighted by Crippen LogP contribution is -2.41. The summed E-state index contributed by atoms with van der Waals surface area (Å²) in [7, 11) is 0. The molecule has 0 saturated carbocycles. The maximum absolute atomic E-state index is 12.7. The van der Waals surface area contributed by atoms with Gasteiger partial charge in [0, 0.05) is 10.7 Å². The molecular weight excluding hydrogens is 378 g/mol. The Morgan fingerprint density at radius 1 is 1.18 bits per heavy atom. The fourth-order valence-electron chi connectivity index (χ4n) is 3.14. The molecule has 1 atom stereocenters. The zero-order valence-electron chi connectivity index (χ0n) is 15.8. The van der Waals surface area contributed by atoms with E-state index in [0.717, 1.165) is 5.56 Å². The molecule has 1 amide bonds. The molecule has 0 fully saturated rings. The van der Waals surface area contributed by atoms with Gasteiger partial charge in [0.2, 0.25) is 5.91 Å². The number of nitrogens with one attached hydrogen (secondary N) is 1. The Bertz CT molecular complexity index is 884. The number of amides is 1. The number of nitrogens with zero attached hydrogens (tertiary/aromatic N) is 2. The van der Waals surface area contributed by atoms with E-state index in [4.69, 9.17) is 16.3 Å². The second-order valence-electron chi connectivity index (χ2n) is 6.74. The molecule has 0 aliphatic carbocycles.